The van der Waals surface area contributed by atoms with Gasteiger partial charge in [0.05, 0.1) is 11.5 Å². The number of esters is 1. The van der Waals surface area contributed by atoms with Gasteiger partial charge in [0, 0.05) is 18.0 Å². The first-order valence-corrected chi connectivity index (χ1v) is 11.7. The molecule has 3 atom stereocenters. The van der Waals surface area contributed by atoms with Gasteiger partial charge < -0.3 is 14.7 Å². The molecule has 0 fully saturated rings. The van der Waals surface area contributed by atoms with Crippen LogP contribution in [0.25, 0.3) is 11.1 Å². The molecule has 0 aliphatic carbocycles. The number of carbonyl (C=O) groups excluding carboxylic acids is 1. The Morgan fingerprint density at radius 3 is 2.31 bits per heavy atom. The number of carbonyl (C=O) groups is 1. The Morgan fingerprint density at radius 1 is 1.03 bits per heavy atom. The van der Waals surface area contributed by atoms with Crippen molar-refractivity contribution < 1.29 is 19.0 Å². The average Bonchev–Trinajstić information content (AvgIpc) is 2.83. The summed E-state index contributed by atoms with van der Waals surface area (Å²) in [7, 11) is 3.95. The highest BCUT2D eigenvalue weighted by Gasteiger charge is 2.34. The molecule has 188 valence electrons. The van der Waals surface area contributed by atoms with Crippen molar-refractivity contribution in [3.63, 3.8) is 0 Å². The Bertz CT molecular complexity index is 1120. The largest absolute Gasteiger partial charge is 0.426 e. The molecule has 0 aliphatic heterocycles. The maximum absolute atomic E-state index is 14.8. The first-order chi connectivity index (χ1) is 16.2. The van der Waals surface area contributed by atoms with E-state index >= 15 is 0 Å². The van der Waals surface area contributed by atoms with E-state index in [1.54, 1.807) is 37.3 Å². The molecule has 0 saturated heterocycles. The van der Waals surface area contributed by atoms with Gasteiger partial charge in [-0.05, 0) is 62.3 Å². The van der Waals surface area contributed by atoms with Gasteiger partial charge in [0.2, 0.25) is 0 Å². The molecule has 0 bridgehead atoms. The van der Waals surface area contributed by atoms with Gasteiger partial charge in [0.15, 0.2) is 0 Å². The van der Waals surface area contributed by atoms with Crippen LogP contribution in [0.5, 0.6) is 5.75 Å². The normalized spacial score (nSPS) is 14.5. The van der Waals surface area contributed by atoms with Crippen LogP contribution in [0.15, 0.2) is 72.8 Å². The van der Waals surface area contributed by atoms with Crippen LogP contribution in [0, 0.1) is 11.7 Å². The van der Waals surface area contributed by atoms with Crippen LogP contribution in [0.3, 0.4) is 0 Å². The number of hydrogen-bond donors (Lipinski definition) is 1. The van der Waals surface area contributed by atoms with Crippen LogP contribution in [-0.4, -0.2) is 36.6 Å². The fraction of sp³-hybridized carbons (Fsp3) is 0.345. The highest BCUT2D eigenvalue weighted by Crippen LogP contribution is 2.35. The molecule has 3 rings (SSSR count). The molecule has 35 heavy (non-hydrogen) atoms. The predicted octanol–water partition coefficient (Wildman–Crippen LogP) is 6.42. The zero-order valence-electron chi connectivity index (χ0n) is 21.0. The average molecular weight is 500 g/mol. The molecule has 6 heteroatoms. The van der Waals surface area contributed by atoms with E-state index in [1.807, 2.05) is 69.2 Å². The smallest absolute Gasteiger partial charge is 0.318 e. The van der Waals surface area contributed by atoms with Gasteiger partial charge >= 0.3 is 5.97 Å². The minimum atomic E-state index is -1.05. The third kappa shape index (κ3) is 6.69. The Morgan fingerprint density at radius 2 is 1.71 bits per heavy atom. The van der Waals surface area contributed by atoms with E-state index in [0.717, 1.165) is 12.1 Å². The highest BCUT2D eigenvalue weighted by atomic mass is 35.5. The summed E-state index contributed by atoms with van der Waals surface area (Å²) >= 11 is 0. The Hall–Kier alpha value is -2.73. The minimum Gasteiger partial charge on any atom is -0.426 e. The summed E-state index contributed by atoms with van der Waals surface area (Å²) in [4.78, 5) is 14.9. The van der Waals surface area contributed by atoms with Crippen molar-refractivity contribution in [2.24, 2.45) is 5.92 Å². The monoisotopic (exact) mass is 499 g/mol. The van der Waals surface area contributed by atoms with Crippen LogP contribution in [0.2, 0.25) is 0 Å². The molecule has 0 amide bonds. The van der Waals surface area contributed by atoms with E-state index in [9.17, 15) is 14.3 Å². The molecule has 0 aliphatic rings. The third-order valence-electron chi connectivity index (χ3n) is 6.48. The molecule has 3 aromatic rings. The van der Waals surface area contributed by atoms with Gasteiger partial charge in [-0.2, -0.15) is 0 Å². The van der Waals surface area contributed by atoms with Crippen molar-refractivity contribution in [1.82, 2.24) is 4.90 Å². The van der Waals surface area contributed by atoms with Crippen molar-refractivity contribution >= 4 is 18.4 Å². The van der Waals surface area contributed by atoms with Crippen molar-refractivity contribution in [2.45, 2.75) is 38.7 Å². The topological polar surface area (TPSA) is 49.8 Å². The van der Waals surface area contributed by atoms with Crippen molar-refractivity contribution in [2.75, 3.05) is 20.6 Å². The van der Waals surface area contributed by atoms with E-state index in [1.165, 1.54) is 6.07 Å². The van der Waals surface area contributed by atoms with Gasteiger partial charge in [-0.25, -0.2) is 4.39 Å². The zero-order chi connectivity index (χ0) is 24.9. The molecule has 0 spiro atoms. The first-order valence-electron chi connectivity index (χ1n) is 11.7. The van der Waals surface area contributed by atoms with Crippen LogP contribution in [0.4, 0.5) is 4.39 Å². The van der Waals surface area contributed by atoms with Crippen LogP contribution < -0.4 is 4.74 Å². The van der Waals surface area contributed by atoms with Gasteiger partial charge in [-0.1, -0.05) is 68.4 Å². The summed E-state index contributed by atoms with van der Waals surface area (Å²) in [6.07, 6.45) is 0.531. The van der Waals surface area contributed by atoms with Gasteiger partial charge in [0.1, 0.15) is 11.6 Å². The fourth-order valence-electron chi connectivity index (χ4n) is 4.36. The molecule has 0 heterocycles. The molecular formula is C29H35ClFNO3. The molecule has 1 N–H and O–H groups in total. The van der Waals surface area contributed by atoms with E-state index < -0.39 is 17.5 Å². The number of rotatable bonds is 9. The summed E-state index contributed by atoms with van der Waals surface area (Å²) in [5, 5.41) is 11.4. The zero-order valence-corrected chi connectivity index (χ0v) is 21.8. The standard InChI is InChI=1S/C29H34FNO3.ClH/c1-6-29(33,20(2)19-31(4)5)24-13-10-14-25(18-24)34-28(32)21(3)23-15-16-26(27(30)17-23)22-11-8-7-9-12-22;/h7-18,20-21,33H,6,19H2,1-5H3;1H/t20-,21?,29-;/m1./s1. The quantitative estimate of drug-likeness (QED) is 0.272. The Labute approximate surface area is 214 Å². The molecule has 4 nitrogen and oxygen atoms in total. The van der Waals surface area contributed by atoms with Gasteiger partial charge in [-0.15, -0.1) is 12.4 Å². The van der Waals surface area contributed by atoms with E-state index in [4.69, 9.17) is 4.74 Å². The van der Waals surface area contributed by atoms with Crippen molar-refractivity contribution in [1.29, 1.82) is 0 Å². The second kappa shape index (κ2) is 12.3. The molecule has 0 aromatic heterocycles. The number of benzene rings is 3. The number of ether oxygens (including phenoxy) is 1. The molecule has 1 unspecified atom stereocenters. The lowest BCUT2D eigenvalue weighted by molar-refractivity contribution is -0.135. The molecular weight excluding hydrogens is 465 g/mol. The second-order valence-electron chi connectivity index (χ2n) is 9.22. The molecule has 3 aromatic carbocycles. The number of nitrogens with zero attached hydrogens (tertiary/aromatic N) is 1. The van der Waals surface area contributed by atoms with Crippen LogP contribution >= 0.6 is 12.4 Å². The lowest BCUT2D eigenvalue weighted by Crippen LogP contribution is -2.38. The summed E-state index contributed by atoms with van der Waals surface area (Å²) in [5.74, 6) is -1.18. The highest BCUT2D eigenvalue weighted by molar-refractivity contribution is 5.85. The van der Waals surface area contributed by atoms with E-state index in [-0.39, 0.29) is 24.1 Å². The minimum absolute atomic E-state index is 0. The van der Waals surface area contributed by atoms with E-state index in [0.29, 0.717) is 28.9 Å². The summed E-state index contributed by atoms with van der Waals surface area (Å²) in [6, 6.07) is 21.2. The molecule has 0 saturated carbocycles. The van der Waals surface area contributed by atoms with Gasteiger partial charge in [-0.3, -0.25) is 4.79 Å². The lowest BCUT2D eigenvalue weighted by atomic mass is 9.80. The summed E-state index contributed by atoms with van der Waals surface area (Å²) < 4.78 is 20.4. The summed E-state index contributed by atoms with van der Waals surface area (Å²) in [5.41, 5.74) is 1.48. The maximum Gasteiger partial charge on any atom is 0.318 e. The first kappa shape index (κ1) is 28.5. The predicted molar refractivity (Wildman–Crippen MR) is 141 cm³/mol. The third-order valence-corrected chi connectivity index (χ3v) is 6.48. The summed E-state index contributed by atoms with van der Waals surface area (Å²) in [6.45, 7) is 6.37. The van der Waals surface area contributed by atoms with Crippen LogP contribution in [0.1, 0.15) is 44.2 Å². The van der Waals surface area contributed by atoms with Crippen LogP contribution in [-0.2, 0) is 10.4 Å². The molecule has 0 radical (unpaired) electrons. The lowest BCUT2D eigenvalue weighted by Gasteiger charge is -2.35. The SMILES string of the molecule is CC[C@](O)(c1cccc(OC(=O)C(C)c2ccc(-c3ccccc3)c(F)c2)c1)[C@H](C)CN(C)C.Cl. The second-order valence-corrected chi connectivity index (χ2v) is 9.22. The van der Waals surface area contributed by atoms with Crippen molar-refractivity contribution in [3.05, 3.63) is 89.7 Å². The maximum atomic E-state index is 14.8. The number of aliphatic hydroxyl groups is 1. The fourth-order valence-corrected chi connectivity index (χ4v) is 4.36. The number of halogens is 2. The van der Waals surface area contributed by atoms with E-state index in [2.05, 4.69) is 0 Å². The van der Waals surface area contributed by atoms with Crippen molar-refractivity contribution in [3.8, 4) is 16.9 Å². The number of hydrogen-bond acceptors (Lipinski definition) is 4. The Kier molecular flexibility index (Phi) is 10.0. The van der Waals surface area contributed by atoms with Gasteiger partial charge in [0.25, 0.3) is 0 Å². The Balaban J connectivity index is 0.00000432.